The monoisotopic (exact) mass is 649 g/mol. The van der Waals surface area contributed by atoms with E-state index >= 15 is 0 Å². The summed E-state index contributed by atoms with van der Waals surface area (Å²) in [6.45, 7) is 0. The Bertz CT molecular complexity index is 2510. The van der Waals surface area contributed by atoms with Crippen molar-refractivity contribution in [3.8, 4) is 44.5 Å². The first kappa shape index (κ1) is 30.4. The van der Waals surface area contributed by atoms with E-state index in [1.54, 1.807) is 0 Å². The van der Waals surface area contributed by atoms with E-state index in [0.717, 1.165) is 17.1 Å². The molecule has 0 saturated heterocycles. The zero-order valence-corrected chi connectivity index (χ0v) is 28.2. The highest BCUT2D eigenvalue weighted by molar-refractivity contribution is 6.16. The molecule has 9 aromatic carbocycles. The molecule has 240 valence electrons. The van der Waals surface area contributed by atoms with Crippen molar-refractivity contribution < 1.29 is 0 Å². The van der Waals surface area contributed by atoms with Gasteiger partial charge in [0.05, 0.1) is 5.69 Å². The van der Waals surface area contributed by atoms with Gasteiger partial charge in [0.1, 0.15) is 0 Å². The van der Waals surface area contributed by atoms with Crippen molar-refractivity contribution in [3.63, 3.8) is 0 Å². The summed E-state index contributed by atoms with van der Waals surface area (Å²) in [5, 5.41) is 4.98. The van der Waals surface area contributed by atoms with Crippen LogP contribution in [-0.4, -0.2) is 0 Å². The predicted octanol–water partition coefficient (Wildman–Crippen LogP) is 14.1. The molecule has 51 heavy (non-hydrogen) atoms. The molecule has 0 aliphatic heterocycles. The molecule has 0 atom stereocenters. The number of anilines is 3. The molecule has 0 aliphatic rings. The van der Waals surface area contributed by atoms with E-state index in [0.29, 0.717) is 0 Å². The van der Waals surface area contributed by atoms with E-state index in [9.17, 15) is 0 Å². The molecule has 0 spiro atoms. The maximum absolute atomic E-state index is 2.43. The normalized spacial score (nSPS) is 11.1. The average molecular weight is 650 g/mol. The largest absolute Gasteiger partial charge is 0.310 e. The quantitative estimate of drug-likeness (QED) is 0.155. The summed E-state index contributed by atoms with van der Waals surface area (Å²) in [5.74, 6) is 0. The minimum atomic E-state index is 1.10. The lowest BCUT2D eigenvalue weighted by molar-refractivity contribution is 1.28. The third kappa shape index (κ3) is 5.75. The van der Waals surface area contributed by atoms with Crippen LogP contribution >= 0.6 is 0 Å². The average Bonchev–Trinajstić information content (AvgIpc) is 3.22. The first-order chi connectivity index (χ1) is 25.3. The second-order valence-corrected chi connectivity index (χ2v) is 12.9. The molecule has 0 aromatic heterocycles. The topological polar surface area (TPSA) is 3.24 Å². The minimum Gasteiger partial charge on any atom is -0.310 e. The fourth-order valence-electron chi connectivity index (χ4n) is 7.42. The van der Waals surface area contributed by atoms with Gasteiger partial charge in [0.2, 0.25) is 0 Å². The zero-order valence-electron chi connectivity index (χ0n) is 28.2. The number of rotatable bonds is 7. The number of nitrogens with zero attached hydrogens (tertiary/aromatic N) is 1. The Morgan fingerprint density at radius 2 is 0.725 bits per heavy atom. The number of benzene rings is 9. The fraction of sp³-hybridized carbons (Fsp3) is 0. The molecule has 0 fully saturated rings. The summed E-state index contributed by atoms with van der Waals surface area (Å²) in [7, 11) is 0. The smallest absolute Gasteiger partial charge is 0.0546 e. The van der Waals surface area contributed by atoms with Gasteiger partial charge in [-0.15, -0.1) is 0 Å². The standard InChI is InChI=1S/C50H35N/c1-4-15-36(16-5-1)38-27-31-42(32-28-38)51(43-33-29-39(30-34-43)37-17-6-2-7-18-37)49-26-14-25-45(40-19-8-3-9-20-40)50(49)48-35-41-21-10-11-22-44(41)46-23-12-13-24-47(46)48/h1-35H. The third-order valence-corrected chi connectivity index (χ3v) is 9.87. The van der Waals surface area contributed by atoms with Gasteiger partial charge in [-0.05, 0) is 96.9 Å². The lowest BCUT2D eigenvalue weighted by Gasteiger charge is -2.30. The van der Waals surface area contributed by atoms with Crippen LogP contribution in [0.15, 0.2) is 212 Å². The molecule has 0 N–H and O–H groups in total. The number of hydrogen-bond donors (Lipinski definition) is 0. The van der Waals surface area contributed by atoms with E-state index in [1.807, 2.05) is 0 Å². The summed E-state index contributed by atoms with van der Waals surface area (Å²) < 4.78 is 0. The first-order valence-electron chi connectivity index (χ1n) is 17.5. The van der Waals surface area contributed by atoms with E-state index in [2.05, 4.69) is 217 Å². The molecule has 9 rings (SSSR count). The van der Waals surface area contributed by atoms with Crippen LogP contribution in [0.3, 0.4) is 0 Å². The van der Waals surface area contributed by atoms with Gasteiger partial charge in [-0.2, -0.15) is 0 Å². The summed E-state index contributed by atoms with van der Waals surface area (Å²) in [6.07, 6.45) is 0. The summed E-state index contributed by atoms with van der Waals surface area (Å²) in [6, 6.07) is 76.7. The second-order valence-electron chi connectivity index (χ2n) is 12.9. The Labute approximate surface area is 299 Å². The molecule has 0 bridgehead atoms. The van der Waals surface area contributed by atoms with Crippen molar-refractivity contribution in [1.29, 1.82) is 0 Å². The van der Waals surface area contributed by atoms with Crippen molar-refractivity contribution in [3.05, 3.63) is 212 Å². The maximum atomic E-state index is 2.43. The molecule has 0 heterocycles. The SMILES string of the molecule is c1ccc(-c2ccc(N(c3ccc(-c4ccccc4)cc3)c3cccc(-c4ccccc4)c3-c3cc4ccccc4c4ccccc34)cc2)cc1. The number of hydrogen-bond acceptors (Lipinski definition) is 1. The molecule has 0 radical (unpaired) electrons. The Hall–Kier alpha value is -6.70. The van der Waals surface area contributed by atoms with Crippen LogP contribution in [0, 0.1) is 0 Å². The summed E-state index contributed by atoms with van der Waals surface area (Å²) in [5.41, 5.74) is 12.9. The van der Waals surface area contributed by atoms with Gasteiger partial charge in [-0.3, -0.25) is 0 Å². The van der Waals surface area contributed by atoms with Crippen molar-refractivity contribution in [1.82, 2.24) is 0 Å². The minimum absolute atomic E-state index is 1.10. The van der Waals surface area contributed by atoms with Crippen molar-refractivity contribution >= 4 is 38.6 Å². The summed E-state index contributed by atoms with van der Waals surface area (Å²) >= 11 is 0. The maximum Gasteiger partial charge on any atom is 0.0546 e. The van der Waals surface area contributed by atoms with E-state index in [1.165, 1.54) is 66.1 Å². The molecule has 9 aromatic rings. The molecule has 0 unspecified atom stereocenters. The molecule has 0 amide bonds. The third-order valence-electron chi connectivity index (χ3n) is 9.87. The van der Waals surface area contributed by atoms with Crippen molar-refractivity contribution in [2.24, 2.45) is 0 Å². The molecule has 0 saturated carbocycles. The Morgan fingerprint density at radius 1 is 0.275 bits per heavy atom. The highest BCUT2D eigenvalue weighted by atomic mass is 15.1. The van der Waals surface area contributed by atoms with Gasteiger partial charge in [-0.25, -0.2) is 0 Å². The zero-order chi connectivity index (χ0) is 34.0. The molecular formula is C50H35N. The highest BCUT2D eigenvalue weighted by Gasteiger charge is 2.23. The van der Waals surface area contributed by atoms with Crippen LogP contribution in [-0.2, 0) is 0 Å². The fourth-order valence-corrected chi connectivity index (χ4v) is 7.42. The molecule has 0 aliphatic carbocycles. The van der Waals surface area contributed by atoms with Crippen LogP contribution in [0.1, 0.15) is 0 Å². The van der Waals surface area contributed by atoms with E-state index in [-0.39, 0.29) is 0 Å². The van der Waals surface area contributed by atoms with Gasteiger partial charge >= 0.3 is 0 Å². The highest BCUT2D eigenvalue weighted by Crippen LogP contribution is 2.48. The van der Waals surface area contributed by atoms with E-state index in [4.69, 9.17) is 0 Å². The molecular weight excluding hydrogens is 615 g/mol. The molecule has 1 nitrogen and oxygen atoms in total. The lowest BCUT2D eigenvalue weighted by Crippen LogP contribution is -2.12. The van der Waals surface area contributed by atoms with Crippen LogP contribution in [0.2, 0.25) is 0 Å². The van der Waals surface area contributed by atoms with Crippen LogP contribution in [0.5, 0.6) is 0 Å². The van der Waals surface area contributed by atoms with Gasteiger partial charge in [-0.1, -0.05) is 176 Å². The van der Waals surface area contributed by atoms with Crippen LogP contribution in [0.4, 0.5) is 17.1 Å². The van der Waals surface area contributed by atoms with Gasteiger partial charge in [0.15, 0.2) is 0 Å². The number of fused-ring (bicyclic) bond motifs is 3. The molecule has 1 heteroatoms. The van der Waals surface area contributed by atoms with Crippen LogP contribution < -0.4 is 4.90 Å². The predicted molar refractivity (Wildman–Crippen MR) is 218 cm³/mol. The first-order valence-corrected chi connectivity index (χ1v) is 17.5. The van der Waals surface area contributed by atoms with Gasteiger partial charge in [0, 0.05) is 16.9 Å². The Balaban J connectivity index is 1.32. The summed E-state index contributed by atoms with van der Waals surface area (Å²) in [4.78, 5) is 2.43. The van der Waals surface area contributed by atoms with Crippen molar-refractivity contribution in [2.75, 3.05) is 4.90 Å². The Morgan fingerprint density at radius 3 is 1.29 bits per heavy atom. The van der Waals surface area contributed by atoms with Crippen LogP contribution in [0.25, 0.3) is 66.1 Å². The lowest BCUT2D eigenvalue weighted by atomic mass is 9.87. The van der Waals surface area contributed by atoms with E-state index < -0.39 is 0 Å². The van der Waals surface area contributed by atoms with Gasteiger partial charge in [0.25, 0.3) is 0 Å². The Kier molecular flexibility index (Phi) is 7.92. The van der Waals surface area contributed by atoms with Crippen molar-refractivity contribution in [2.45, 2.75) is 0 Å². The second kappa shape index (κ2) is 13.3. The van der Waals surface area contributed by atoms with Gasteiger partial charge < -0.3 is 4.90 Å².